The maximum Gasteiger partial charge on any atom is 0.407 e. The SMILES string of the molecule is CCOc1ncccc1C1(C2CN(C3CCN(C)CC3)CCN2C(=O)O)C(=O)N(S(=O)(=O)c2ccc(OC)cc2)c2cc(F)c(C#N)cc21. The van der Waals surface area contributed by atoms with Gasteiger partial charge in [0.2, 0.25) is 5.88 Å². The Morgan fingerprint density at radius 1 is 1.12 bits per heavy atom. The Bertz CT molecular complexity index is 1910. The van der Waals surface area contributed by atoms with Gasteiger partial charge < -0.3 is 24.4 Å². The Kier molecular flexibility index (Phi) is 9.23. The van der Waals surface area contributed by atoms with E-state index in [1.165, 1.54) is 37.6 Å². The molecule has 1 N–H and O–H groups in total. The number of sulfonamides is 1. The molecule has 0 radical (unpaired) electrons. The lowest BCUT2D eigenvalue weighted by Crippen LogP contribution is -2.67. The maximum absolute atomic E-state index is 15.5. The van der Waals surface area contributed by atoms with Crippen molar-refractivity contribution < 1.29 is 37.0 Å². The molecule has 2 aromatic carbocycles. The van der Waals surface area contributed by atoms with Gasteiger partial charge in [-0.05, 0) is 76.3 Å². The Balaban J connectivity index is 1.65. The van der Waals surface area contributed by atoms with E-state index in [1.54, 1.807) is 19.1 Å². The van der Waals surface area contributed by atoms with Crippen molar-refractivity contribution in [2.75, 3.05) is 57.8 Å². The number of fused-ring (bicyclic) bond motifs is 1. The number of carbonyl (C=O) groups excluding carboxylic acids is 1. The van der Waals surface area contributed by atoms with Gasteiger partial charge in [-0.15, -0.1) is 0 Å². The van der Waals surface area contributed by atoms with Crippen molar-refractivity contribution in [3.63, 3.8) is 0 Å². The number of nitriles is 1. The third kappa shape index (κ3) is 5.63. The number of amides is 2. The van der Waals surface area contributed by atoms with E-state index in [9.17, 15) is 23.6 Å². The van der Waals surface area contributed by atoms with Gasteiger partial charge >= 0.3 is 6.09 Å². The molecule has 2 unspecified atom stereocenters. The number of hydrogen-bond acceptors (Lipinski definition) is 10. The first-order chi connectivity index (χ1) is 23.5. The molecule has 0 bridgehead atoms. The molecule has 3 aliphatic rings. The fourth-order valence-corrected chi connectivity index (χ4v) is 8.87. The topological polar surface area (TPSA) is 157 Å². The van der Waals surface area contributed by atoms with Gasteiger partial charge in [-0.1, -0.05) is 6.07 Å². The minimum atomic E-state index is -4.75. The summed E-state index contributed by atoms with van der Waals surface area (Å²) in [7, 11) is -1.30. The standard InChI is InChI=1S/C34H37FN6O7S/c1-4-48-31-26(6-5-13-37-31)34(30-21-39(16-17-40(30)33(43)44)23-11-14-38(2)15-12-23)27-18-22(20-36)28(35)19-29(27)41(32(34)42)49(45,46)25-9-7-24(47-3)8-10-25/h5-10,13,18-19,23,30H,4,11-12,14-17,21H2,1-3H3,(H,43,44). The largest absolute Gasteiger partial charge is 0.497 e. The van der Waals surface area contributed by atoms with Crippen molar-refractivity contribution in [2.24, 2.45) is 0 Å². The molecule has 13 nitrogen and oxygen atoms in total. The molecule has 2 atom stereocenters. The predicted octanol–water partition coefficient (Wildman–Crippen LogP) is 3.28. The number of methoxy groups -OCH3 is 1. The zero-order chi connectivity index (χ0) is 35.1. The van der Waals surface area contributed by atoms with Gasteiger partial charge in [0.05, 0.1) is 35.9 Å². The third-order valence-corrected chi connectivity index (χ3v) is 11.5. The van der Waals surface area contributed by atoms with Crippen LogP contribution in [0.1, 0.15) is 36.5 Å². The average Bonchev–Trinajstić information content (AvgIpc) is 3.35. The third-order valence-electron chi connectivity index (χ3n) is 9.81. The minimum Gasteiger partial charge on any atom is -0.497 e. The van der Waals surface area contributed by atoms with E-state index in [0.29, 0.717) is 16.6 Å². The molecule has 49 heavy (non-hydrogen) atoms. The molecule has 258 valence electrons. The van der Waals surface area contributed by atoms with E-state index < -0.39 is 44.9 Å². The Morgan fingerprint density at radius 2 is 1.84 bits per heavy atom. The van der Waals surface area contributed by atoms with Crippen LogP contribution >= 0.6 is 0 Å². The van der Waals surface area contributed by atoms with Crippen LogP contribution < -0.4 is 13.8 Å². The lowest BCUT2D eigenvalue weighted by atomic mass is 9.68. The summed E-state index contributed by atoms with van der Waals surface area (Å²) >= 11 is 0. The van der Waals surface area contributed by atoms with Gasteiger partial charge in [-0.3, -0.25) is 9.69 Å². The van der Waals surface area contributed by atoms with Crippen molar-refractivity contribution >= 4 is 27.7 Å². The van der Waals surface area contributed by atoms with Crippen LogP contribution in [-0.2, 0) is 20.2 Å². The molecular weight excluding hydrogens is 655 g/mol. The molecule has 15 heteroatoms. The van der Waals surface area contributed by atoms with Crippen LogP contribution in [-0.4, -0.2) is 111 Å². The number of halogens is 1. The van der Waals surface area contributed by atoms with Gasteiger partial charge in [0.25, 0.3) is 15.9 Å². The van der Waals surface area contributed by atoms with E-state index in [1.807, 2.05) is 13.1 Å². The summed E-state index contributed by atoms with van der Waals surface area (Å²) in [4.78, 5) is 38.2. The Morgan fingerprint density at radius 3 is 2.47 bits per heavy atom. The first-order valence-electron chi connectivity index (χ1n) is 16.0. The summed E-state index contributed by atoms with van der Waals surface area (Å²) in [5, 5.41) is 20.6. The van der Waals surface area contributed by atoms with Gasteiger partial charge in [-0.2, -0.15) is 5.26 Å². The van der Waals surface area contributed by atoms with E-state index in [0.717, 1.165) is 43.0 Å². The van der Waals surface area contributed by atoms with Crippen molar-refractivity contribution in [1.82, 2.24) is 19.7 Å². The lowest BCUT2D eigenvalue weighted by molar-refractivity contribution is -0.124. The highest BCUT2D eigenvalue weighted by Crippen LogP contribution is 2.54. The average molecular weight is 693 g/mol. The fourth-order valence-electron chi connectivity index (χ4n) is 7.41. The van der Waals surface area contributed by atoms with Crippen LogP contribution in [0.25, 0.3) is 0 Å². The second-order valence-electron chi connectivity index (χ2n) is 12.3. The highest BCUT2D eigenvalue weighted by Gasteiger charge is 2.64. The highest BCUT2D eigenvalue weighted by molar-refractivity contribution is 7.93. The molecule has 0 saturated carbocycles. The normalized spacial score (nSPS) is 22.1. The Hall–Kier alpha value is -4.78. The first-order valence-corrected chi connectivity index (χ1v) is 17.4. The van der Waals surface area contributed by atoms with Gasteiger partial charge in [0, 0.05) is 49.1 Å². The molecule has 0 aliphatic carbocycles. The minimum absolute atomic E-state index is 0.0124. The number of benzene rings is 2. The zero-order valence-electron chi connectivity index (χ0n) is 27.4. The summed E-state index contributed by atoms with van der Waals surface area (Å²) in [6.45, 7) is 3.94. The van der Waals surface area contributed by atoms with Gasteiger partial charge in [-0.25, -0.2) is 26.9 Å². The quantitative estimate of drug-likeness (QED) is 0.370. The van der Waals surface area contributed by atoms with Crippen LogP contribution in [0.4, 0.5) is 14.9 Å². The number of hydrogen-bond donors (Lipinski definition) is 1. The van der Waals surface area contributed by atoms with Crippen molar-refractivity contribution in [1.29, 1.82) is 5.26 Å². The summed E-state index contributed by atoms with van der Waals surface area (Å²) in [6.07, 6.45) is 1.75. The molecule has 3 aromatic rings. The molecule has 2 amide bonds. The number of ether oxygens (including phenoxy) is 2. The summed E-state index contributed by atoms with van der Waals surface area (Å²) in [5.41, 5.74) is -2.83. The van der Waals surface area contributed by atoms with Gasteiger partial charge in [0.1, 0.15) is 23.1 Å². The molecule has 4 heterocycles. The van der Waals surface area contributed by atoms with Crippen LogP contribution in [0.3, 0.4) is 0 Å². The van der Waals surface area contributed by atoms with Crippen LogP contribution in [0.2, 0.25) is 0 Å². The summed E-state index contributed by atoms with van der Waals surface area (Å²) in [6, 6.07) is 11.1. The van der Waals surface area contributed by atoms with E-state index in [-0.39, 0.29) is 53.3 Å². The maximum atomic E-state index is 15.5. The highest BCUT2D eigenvalue weighted by atomic mass is 32.2. The number of likely N-dealkylation sites (tertiary alicyclic amines) is 1. The van der Waals surface area contributed by atoms with Crippen LogP contribution in [0.5, 0.6) is 11.6 Å². The molecular formula is C34H37FN6O7S. The number of piperazine rings is 1. The van der Waals surface area contributed by atoms with E-state index in [4.69, 9.17) is 9.47 Å². The summed E-state index contributed by atoms with van der Waals surface area (Å²) in [5.74, 6) is -1.72. The smallest absolute Gasteiger partial charge is 0.407 e. The molecule has 6 rings (SSSR count). The molecule has 3 aliphatic heterocycles. The molecule has 2 saturated heterocycles. The second-order valence-corrected chi connectivity index (χ2v) is 14.1. The number of anilines is 1. The number of aromatic nitrogens is 1. The molecule has 0 spiro atoms. The lowest BCUT2D eigenvalue weighted by Gasteiger charge is -2.50. The second kappa shape index (κ2) is 13.3. The predicted molar refractivity (Wildman–Crippen MR) is 176 cm³/mol. The van der Waals surface area contributed by atoms with Crippen molar-refractivity contribution in [3.05, 3.63) is 77.2 Å². The fraction of sp³-hybridized carbons (Fsp3) is 0.412. The van der Waals surface area contributed by atoms with E-state index >= 15 is 9.18 Å². The first kappa shape index (κ1) is 34.1. The number of carbonyl (C=O) groups is 2. The zero-order valence-corrected chi connectivity index (χ0v) is 28.2. The number of carboxylic acid groups (broad SMARTS) is 1. The van der Waals surface area contributed by atoms with Crippen LogP contribution in [0.15, 0.2) is 59.6 Å². The molecule has 1 aromatic heterocycles. The van der Waals surface area contributed by atoms with Crippen molar-refractivity contribution in [3.8, 4) is 17.7 Å². The number of nitrogens with zero attached hydrogens (tertiary/aromatic N) is 6. The van der Waals surface area contributed by atoms with Gasteiger partial charge in [0.15, 0.2) is 0 Å². The number of rotatable bonds is 8. The Labute approximate surface area is 284 Å². The van der Waals surface area contributed by atoms with E-state index in [2.05, 4.69) is 14.8 Å². The number of pyridine rings is 1. The van der Waals surface area contributed by atoms with Crippen molar-refractivity contribution in [2.45, 2.75) is 42.2 Å². The van der Waals surface area contributed by atoms with Crippen LogP contribution in [0, 0.1) is 17.1 Å². The monoisotopic (exact) mass is 692 g/mol. The molecule has 2 fully saturated rings. The number of piperidine rings is 1. The summed E-state index contributed by atoms with van der Waals surface area (Å²) < 4.78 is 56.2.